The smallest absolute Gasteiger partial charge is 0.0134 e. The van der Waals surface area contributed by atoms with Crippen molar-refractivity contribution in [1.82, 2.24) is 5.32 Å². The van der Waals surface area contributed by atoms with Crippen LogP contribution in [0.1, 0.15) is 19.3 Å². The fraction of sp³-hybridized carbons (Fsp3) is 0.714. The van der Waals surface area contributed by atoms with Crippen LogP contribution in [-0.4, -0.2) is 13.1 Å². The van der Waals surface area contributed by atoms with Crippen LogP contribution in [0.15, 0.2) is 12.2 Å². The summed E-state index contributed by atoms with van der Waals surface area (Å²) in [6.45, 7) is 2.27. The van der Waals surface area contributed by atoms with E-state index in [-0.39, 0.29) is 12.4 Å². The molecule has 1 N–H and O–H groups in total. The molecule has 1 aliphatic heterocycles. The molecule has 0 spiro atoms. The van der Waals surface area contributed by atoms with Gasteiger partial charge >= 0.3 is 0 Å². The standard InChI is InChI=1S/C7H13N.ClH/c1-2-4-6-8-7-5-3-1;/h2,4,8H,1,3,5-7H2;1H/b4-2-;. The Hall–Kier alpha value is -0.0100. The van der Waals surface area contributed by atoms with Crippen molar-refractivity contribution >= 4 is 12.4 Å². The third-order valence-corrected chi connectivity index (χ3v) is 1.40. The highest BCUT2D eigenvalue weighted by Gasteiger charge is 1.88. The van der Waals surface area contributed by atoms with Gasteiger partial charge in [0, 0.05) is 6.54 Å². The Labute approximate surface area is 62.9 Å². The van der Waals surface area contributed by atoms with Crippen molar-refractivity contribution in [3.8, 4) is 0 Å². The van der Waals surface area contributed by atoms with Crippen molar-refractivity contribution in [2.75, 3.05) is 13.1 Å². The molecule has 0 aromatic heterocycles. The van der Waals surface area contributed by atoms with Gasteiger partial charge in [0.2, 0.25) is 0 Å². The second-order valence-corrected chi connectivity index (χ2v) is 2.17. The van der Waals surface area contributed by atoms with E-state index in [1.807, 2.05) is 0 Å². The third-order valence-electron chi connectivity index (χ3n) is 1.40. The number of hydrogen-bond acceptors (Lipinski definition) is 1. The predicted octanol–water partition coefficient (Wildman–Crippen LogP) is 1.74. The molecule has 1 rings (SSSR count). The molecule has 0 aromatic carbocycles. The Morgan fingerprint density at radius 3 is 2.89 bits per heavy atom. The molecule has 0 saturated heterocycles. The molecule has 0 radical (unpaired) electrons. The molecule has 0 bridgehead atoms. The van der Waals surface area contributed by atoms with Crippen LogP contribution < -0.4 is 5.32 Å². The summed E-state index contributed by atoms with van der Waals surface area (Å²) in [6, 6.07) is 0. The van der Waals surface area contributed by atoms with Crippen LogP contribution in [-0.2, 0) is 0 Å². The highest BCUT2D eigenvalue weighted by atomic mass is 35.5. The minimum absolute atomic E-state index is 0. The number of allylic oxidation sites excluding steroid dienone is 1. The summed E-state index contributed by atoms with van der Waals surface area (Å²) in [7, 11) is 0. The zero-order chi connectivity index (χ0) is 5.66. The lowest BCUT2D eigenvalue weighted by atomic mass is 10.2. The molecule has 1 aliphatic rings. The SMILES string of the molecule is C1=C\CNCCCC/1.Cl. The molecule has 0 atom stereocenters. The average molecular weight is 148 g/mol. The van der Waals surface area contributed by atoms with Crippen molar-refractivity contribution in [3.05, 3.63) is 12.2 Å². The maximum atomic E-state index is 3.30. The monoisotopic (exact) mass is 147 g/mol. The molecule has 9 heavy (non-hydrogen) atoms. The second-order valence-electron chi connectivity index (χ2n) is 2.17. The summed E-state index contributed by atoms with van der Waals surface area (Å²) < 4.78 is 0. The van der Waals surface area contributed by atoms with E-state index in [4.69, 9.17) is 0 Å². The summed E-state index contributed by atoms with van der Waals surface area (Å²) in [5.41, 5.74) is 0. The molecular formula is C7H14ClN. The van der Waals surface area contributed by atoms with E-state index in [0.29, 0.717) is 0 Å². The van der Waals surface area contributed by atoms with Gasteiger partial charge in [0.05, 0.1) is 0 Å². The number of hydrogen-bond donors (Lipinski definition) is 1. The molecule has 2 heteroatoms. The largest absolute Gasteiger partial charge is 0.313 e. The Bertz CT molecular complexity index is 71.0. The Morgan fingerprint density at radius 1 is 1.11 bits per heavy atom. The maximum Gasteiger partial charge on any atom is 0.0134 e. The van der Waals surface area contributed by atoms with E-state index in [1.54, 1.807) is 0 Å². The quantitative estimate of drug-likeness (QED) is 0.515. The van der Waals surface area contributed by atoms with Crippen LogP contribution in [0.25, 0.3) is 0 Å². The van der Waals surface area contributed by atoms with Crippen LogP contribution >= 0.6 is 12.4 Å². The summed E-state index contributed by atoms with van der Waals surface area (Å²) in [5, 5.41) is 3.30. The zero-order valence-corrected chi connectivity index (χ0v) is 6.41. The third kappa shape index (κ3) is 4.49. The van der Waals surface area contributed by atoms with Gasteiger partial charge in [0.15, 0.2) is 0 Å². The first kappa shape index (κ1) is 8.99. The predicted molar refractivity (Wildman–Crippen MR) is 43.1 cm³/mol. The summed E-state index contributed by atoms with van der Waals surface area (Å²) in [4.78, 5) is 0. The van der Waals surface area contributed by atoms with Crippen molar-refractivity contribution in [2.24, 2.45) is 0 Å². The van der Waals surface area contributed by atoms with E-state index < -0.39 is 0 Å². The number of halogens is 1. The maximum absolute atomic E-state index is 3.30. The molecule has 0 fully saturated rings. The van der Waals surface area contributed by atoms with Crippen molar-refractivity contribution in [1.29, 1.82) is 0 Å². The lowest BCUT2D eigenvalue weighted by molar-refractivity contribution is 0.646. The van der Waals surface area contributed by atoms with Gasteiger partial charge in [0.25, 0.3) is 0 Å². The molecule has 0 aromatic rings. The van der Waals surface area contributed by atoms with Gasteiger partial charge in [-0.25, -0.2) is 0 Å². The van der Waals surface area contributed by atoms with E-state index in [1.165, 1.54) is 25.8 Å². The lowest BCUT2D eigenvalue weighted by Gasteiger charge is -2.02. The Balaban J connectivity index is 0.000000640. The molecule has 0 unspecified atom stereocenters. The first-order valence-corrected chi connectivity index (χ1v) is 3.36. The van der Waals surface area contributed by atoms with Crippen molar-refractivity contribution in [2.45, 2.75) is 19.3 Å². The van der Waals surface area contributed by atoms with Gasteiger partial charge in [-0.05, 0) is 25.8 Å². The minimum atomic E-state index is 0. The van der Waals surface area contributed by atoms with Gasteiger partial charge in [-0.1, -0.05) is 12.2 Å². The minimum Gasteiger partial charge on any atom is -0.313 e. The van der Waals surface area contributed by atoms with Gasteiger partial charge in [0.1, 0.15) is 0 Å². The van der Waals surface area contributed by atoms with Crippen LogP contribution in [0, 0.1) is 0 Å². The van der Waals surface area contributed by atoms with Crippen LogP contribution in [0.5, 0.6) is 0 Å². The fourth-order valence-electron chi connectivity index (χ4n) is 0.899. The van der Waals surface area contributed by atoms with Crippen LogP contribution in [0.4, 0.5) is 0 Å². The number of nitrogens with one attached hydrogen (secondary N) is 1. The van der Waals surface area contributed by atoms with Crippen LogP contribution in [0.2, 0.25) is 0 Å². The van der Waals surface area contributed by atoms with Crippen molar-refractivity contribution in [3.63, 3.8) is 0 Å². The Kier molecular flexibility index (Phi) is 6.11. The van der Waals surface area contributed by atoms with Gasteiger partial charge in [-0.3, -0.25) is 0 Å². The first-order chi connectivity index (χ1) is 4.00. The number of rotatable bonds is 0. The van der Waals surface area contributed by atoms with Crippen molar-refractivity contribution < 1.29 is 0 Å². The van der Waals surface area contributed by atoms with E-state index in [0.717, 1.165) is 6.54 Å². The van der Waals surface area contributed by atoms with E-state index in [2.05, 4.69) is 17.5 Å². The topological polar surface area (TPSA) is 12.0 Å². The van der Waals surface area contributed by atoms with Gasteiger partial charge in [-0.2, -0.15) is 0 Å². The molecule has 1 heterocycles. The van der Waals surface area contributed by atoms with Gasteiger partial charge in [-0.15, -0.1) is 12.4 Å². The normalized spacial score (nSPS) is 23.1. The fourth-order valence-corrected chi connectivity index (χ4v) is 0.899. The average Bonchev–Trinajstić information content (AvgIpc) is 1.62. The summed E-state index contributed by atoms with van der Waals surface area (Å²) in [6.07, 6.45) is 8.43. The highest BCUT2D eigenvalue weighted by Crippen LogP contribution is 1.96. The molecular weight excluding hydrogens is 134 g/mol. The molecule has 0 amide bonds. The zero-order valence-electron chi connectivity index (χ0n) is 5.60. The lowest BCUT2D eigenvalue weighted by Crippen LogP contribution is -2.15. The molecule has 54 valence electrons. The summed E-state index contributed by atoms with van der Waals surface area (Å²) in [5.74, 6) is 0. The Morgan fingerprint density at radius 2 is 2.00 bits per heavy atom. The van der Waals surface area contributed by atoms with Gasteiger partial charge < -0.3 is 5.32 Å². The van der Waals surface area contributed by atoms with E-state index in [9.17, 15) is 0 Å². The van der Waals surface area contributed by atoms with E-state index >= 15 is 0 Å². The molecule has 1 nitrogen and oxygen atoms in total. The van der Waals surface area contributed by atoms with Crippen LogP contribution in [0.3, 0.4) is 0 Å². The second kappa shape index (κ2) is 6.12. The molecule has 0 aliphatic carbocycles. The first-order valence-electron chi connectivity index (χ1n) is 3.36. The summed E-state index contributed by atoms with van der Waals surface area (Å²) >= 11 is 0. The molecule has 0 saturated carbocycles. The highest BCUT2D eigenvalue weighted by molar-refractivity contribution is 5.85.